The SMILES string of the molecule is CCC(O)COc1c(Br)cc(CNC2CC2)cc1Br. The molecule has 2 rings (SSSR count). The Balaban J connectivity index is 1.98. The van der Waals surface area contributed by atoms with Gasteiger partial charge < -0.3 is 15.2 Å². The zero-order valence-electron chi connectivity index (χ0n) is 11.0. The highest BCUT2D eigenvalue weighted by Gasteiger charge is 2.20. The lowest BCUT2D eigenvalue weighted by molar-refractivity contribution is 0.103. The molecule has 1 aliphatic carbocycles. The minimum atomic E-state index is -0.421. The third-order valence-electron chi connectivity index (χ3n) is 3.12. The molecule has 5 heteroatoms. The molecule has 0 aromatic heterocycles. The first-order valence-corrected chi connectivity index (χ1v) is 8.21. The van der Waals surface area contributed by atoms with Crippen molar-refractivity contribution < 1.29 is 9.84 Å². The lowest BCUT2D eigenvalue weighted by Crippen LogP contribution is -2.17. The van der Waals surface area contributed by atoms with Crippen molar-refractivity contribution in [1.29, 1.82) is 0 Å². The zero-order valence-corrected chi connectivity index (χ0v) is 14.1. The topological polar surface area (TPSA) is 41.5 Å². The Hall–Kier alpha value is -0.100. The van der Waals surface area contributed by atoms with E-state index < -0.39 is 6.10 Å². The highest BCUT2D eigenvalue weighted by atomic mass is 79.9. The Morgan fingerprint density at radius 3 is 2.53 bits per heavy atom. The van der Waals surface area contributed by atoms with E-state index in [0.717, 1.165) is 21.2 Å². The normalized spacial score (nSPS) is 16.4. The van der Waals surface area contributed by atoms with Crippen molar-refractivity contribution in [3.63, 3.8) is 0 Å². The fourth-order valence-corrected chi connectivity index (χ4v) is 3.21. The Kier molecular flexibility index (Phi) is 5.69. The number of hydrogen-bond donors (Lipinski definition) is 2. The number of hydrogen-bond acceptors (Lipinski definition) is 3. The summed E-state index contributed by atoms with van der Waals surface area (Å²) in [6.45, 7) is 3.12. The maximum absolute atomic E-state index is 9.54. The minimum absolute atomic E-state index is 0.313. The molecule has 0 amide bonds. The van der Waals surface area contributed by atoms with Crippen LogP contribution in [0.25, 0.3) is 0 Å². The average molecular weight is 393 g/mol. The van der Waals surface area contributed by atoms with E-state index in [1.165, 1.54) is 18.4 Å². The van der Waals surface area contributed by atoms with Gasteiger partial charge in [-0.25, -0.2) is 0 Å². The predicted octanol–water partition coefficient (Wildman–Crippen LogP) is 3.61. The predicted molar refractivity (Wildman–Crippen MR) is 83.5 cm³/mol. The molecule has 1 aliphatic rings. The molecule has 0 bridgehead atoms. The van der Waals surface area contributed by atoms with E-state index in [4.69, 9.17) is 4.74 Å². The number of nitrogens with one attached hydrogen (secondary N) is 1. The summed E-state index contributed by atoms with van der Waals surface area (Å²) >= 11 is 7.06. The van der Waals surface area contributed by atoms with E-state index in [2.05, 4.69) is 49.3 Å². The van der Waals surface area contributed by atoms with Crippen LogP contribution in [0.2, 0.25) is 0 Å². The Bertz CT molecular complexity index is 412. The summed E-state index contributed by atoms with van der Waals surface area (Å²) in [5, 5.41) is 13.0. The van der Waals surface area contributed by atoms with Gasteiger partial charge >= 0.3 is 0 Å². The van der Waals surface area contributed by atoms with Crippen molar-refractivity contribution >= 4 is 31.9 Å². The van der Waals surface area contributed by atoms with Crippen molar-refractivity contribution in [3.8, 4) is 5.75 Å². The van der Waals surface area contributed by atoms with Crippen LogP contribution in [0.3, 0.4) is 0 Å². The fraction of sp³-hybridized carbons (Fsp3) is 0.571. The van der Waals surface area contributed by atoms with Crippen molar-refractivity contribution in [1.82, 2.24) is 5.32 Å². The van der Waals surface area contributed by atoms with Gasteiger partial charge in [0.1, 0.15) is 12.4 Å². The molecule has 106 valence electrons. The van der Waals surface area contributed by atoms with Crippen molar-refractivity contribution in [3.05, 3.63) is 26.6 Å². The van der Waals surface area contributed by atoms with E-state index in [1.807, 2.05) is 6.92 Å². The number of aliphatic hydroxyl groups excluding tert-OH is 1. The van der Waals surface area contributed by atoms with Crippen LogP contribution in [0.1, 0.15) is 31.7 Å². The Morgan fingerprint density at radius 2 is 2.00 bits per heavy atom. The monoisotopic (exact) mass is 391 g/mol. The van der Waals surface area contributed by atoms with Gasteiger partial charge in [0.25, 0.3) is 0 Å². The lowest BCUT2D eigenvalue weighted by Gasteiger charge is -2.14. The summed E-state index contributed by atoms with van der Waals surface area (Å²) in [4.78, 5) is 0. The van der Waals surface area contributed by atoms with Crippen LogP contribution >= 0.6 is 31.9 Å². The first kappa shape index (κ1) is 15.3. The number of ether oxygens (including phenoxy) is 1. The lowest BCUT2D eigenvalue weighted by atomic mass is 10.2. The molecule has 3 nitrogen and oxygen atoms in total. The molecule has 19 heavy (non-hydrogen) atoms. The van der Waals surface area contributed by atoms with E-state index in [9.17, 15) is 5.11 Å². The number of benzene rings is 1. The largest absolute Gasteiger partial charge is 0.489 e. The smallest absolute Gasteiger partial charge is 0.147 e. The highest BCUT2D eigenvalue weighted by molar-refractivity contribution is 9.11. The number of halogens is 2. The van der Waals surface area contributed by atoms with Crippen molar-refractivity contribution in [2.24, 2.45) is 0 Å². The molecule has 2 N–H and O–H groups in total. The van der Waals surface area contributed by atoms with E-state index in [-0.39, 0.29) is 0 Å². The molecule has 1 atom stereocenters. The average Bonchev–Trinajstić information content (AvgIpc) is 3.19. The van der Waals surface area contributed by atoms with Crippen LogP contribution in [0.5, 0.6) is 5.75 Å². The van der Waals surface area contributed by atoms with E-state index in [1.54, 1.807) is 0 Å². The van der Waals surface area contributed by atoms with Crippen LogP contribution in [-0.2, 0) is 6.54 Å². The van der Waals surface area contributed by atoms with Gasteiger partial charge in [-0.1, -0.05) is 6.92 Å². The highest BCUT2D eigenvalue weighted by Crippen LogP contribution is 2.35. The van der Waals surface area contributed by atoms with E-state index in [0.29, 0.717) is 19.1 Å². The van der Waals surface area contributed by atoms with Gasteiger partial charge in [0, 0.05) is 12.6 Å². The molecule has 0 aliphatic heterocycles. The van der Waals surface area contributed by atoms with Crippen molar-refractivity contribution in [2.45, 2.75) is 44.9 Å². The molecule has 1 aromatic carbocycles. The second-order valence-corrected chi connectivity index (χ2v) is 6.63. The second kappa shape index (κ2) is 7.07. The summed E-state index contributed by atoms with van der Waals surface area (Å²) in [6, 6.07) is 4.83. The van der Waals surface area contributed by atoms with Crippen LogP contribution < -0.4 is 10.1 Å². The first-order chi connectivity index (χ1) is 9.10. The summed E-state index contributed by atoms with van der Waals surface area (Å²) in [7, 11) is 0. The van der Waals surface area contributed by atoms with Gasteiger partial charge in [-0.05, 0) is 68.8 Å². The molecule has 0 radical (unpaired) electrons. The summed E-state index contributed by atoms with van der Waals surface area (Å²) < 4.78 is 7.48. The molecule has 0 saturated heterocycles. The summed E-state index contributed by atoms with van der Waals surface area (Å²) in [5.74, 6) is 0.752. The molecule has 1 fully saturated rings. The van der Waals surface area contributed by atoms with Gasteiger partial charge in [0.05, 0.1) is 15.0 Å². The van der Waals surface area contributed by atoms with Crippen LogP contribution in [0.15, 0.2) is 21.1 Å². The molecule has 1 unspecified atom stereocenters. The molecular weight excluding hydrogens is 374 g/mol. The summed E-state index contributed by atoms with van der Waals surface area (Å²) in [6.07, 6.45) is 2.85. The summed E-state index contributed by atoms with van der Waals surface area (Å²) in [5.41, 5.74) is 1.22. The molecule has 0 spiro atoms. The van der Waals surface area contributed by atoms with Gasteiger partial charge in [-0.2, -0.15) is 0 Å². The van der Waals surface area contributed by atoms with E-state index >= 15 is 0 Å². The van der Waals surface area contributed by atoms with Crippen LogP contribution in [-0.4, -0.2) is 23.9 Å². The zero-order chi connectivity index (χ0) is 13.8. The van der Waals surface area contributed by atoms with Crippen molar-refractivity contribution in [2.75, 3.05) is 6.61 Å². The van der Waals surface area contributed by atoms with Gasteiger partial charge in [-0.15, -0.1) is 0 Å². The quantitative estimate of drug-likeness (QED) is 0.744. The van der Waals surface area contributed by atoms with Crippen LogP contribution in [0, 0.1) is 0 Å². The third kappa shape index (κ3) is 4.74. The molecule has 0 heterocycles. The Morgan fingerprint density at radius 1 is 1.37 bits per heavy atom. The fourth-order valence-electron chi connectivity index (χ4n) is 1.70. The Labute approximate surface area is 131 Å². The van der Waals surface area contributed by atoms with Gasteiger partial charge in [0.15, 0.2) is 0 Å². The molecular formula is C14H19Br2NO2. The van der Waals surface area contributed by atoms with Gasteiger partial charge in [0.2, 0.25) is 0 Å². The standard InChI is InChI=1S/C14H19Br2NO2/c1-2-11(18)8-19-14-12(15)5-9(6-13(14)16)7-17-10-3-4-10/h5-6,10-11,17-18H,2-4,7-8H2,1H3. The number of rotatable bonds is 7. The minimum Gasteiger partial charge on any atom is -0.489 e. The molecule has 1 aromatic rings. The van der Waals surface area contributed by atoms with Crippen LogP contribution in [0.4, 0.5) is 0 Å². The second-order valence-electron chi connectivity index (χ2n) is 4.92. The maximum Gasteiger partial charge on any atom is 0.147 e. The molecule has 1 saturated carbocycles. The maximum atomic E-state index is 9.54. The number of aliphatic hydroxyl groups is 1. The first-order valence-electron chi connectivity index (χ1n) is 6.62. The third-order valence-corrected chi connectivity index (χ3v) is 4.30. The van der Waals surface area contributed by atoms with Gasteiger partial charge in [-0.3, -0.25) is 0 Å².